The topological polar surface area (TPSA) is 57.6 Å². The van der Waals surface area contributed by atoms with Gasteiger partial charge in [-0.2, -0.15) is 0 Å². The first-order valence-corrected chi connectivity index (χ1v) is 7.77. The Morgan fingerprint density at radius 2 is 1.50 bits per heavy atom. The Bertz CT molecular complexity index is 639. The predicted octanol–water partition coefficient (Wildman–Crippen LogP) is 2.26. The second-order valence-corrected chi connectivity index (χ2v) is 6.40. The molecule has 0 unspecified atom stereocenters. The number of benzene rings is 2. The first kappa shape index (κ1) is 14.6. The van der Waals surface area contributed by atoms with Crippen LogP contribution in [0.5, 0.6) is 0 Å². The molecule has 5 heteroatoms. The largest absolute Gasteiger partial charge is 0.392 e. The predicted molar refractivity (Wildman–Crippen MR) is 79.1 cm³/mol. The lowest BCUT2D eigenvalue weighted by Crippen LogP contribution is -2.36. The van der Waals surface area contributed by atoms with E-state index >= 15 is 0 Å². The first-order chi connectivity index (χ1) is 9.51. The maximum atomic E-state index is 12.7. The molecular formula is C15H17NO3S. The van der Waals surface area contributed by atoms with Gasteiger partial charge in [0.1, 0.15) is 0 Å². The maximum absolute atomic E-state index is 12.7. The summed E-state index contributed by atoms with van der Waals surface area (Å²) in [6.07, 6.45) is -0.756. The SMILES string of the molecule is C[C@H](O)CN(c1ccccc1)S(=O)(=O)c1ccccc1. The highest BCUT2D eigenvalue weighted by molar-refractivity contribution is 7.92. The van der Waals surface area contributed by atoms with Crippen LogP contribution >= 0.6 is 0 Å². The van der Waals surface area contributed by atoms with Gasteiger partial charge in [0.25, 0.3) is 10.0 Å². The maximum Gasteiger partial charge on any atom is 0.264 e. The number of aliphatic hydroxyl groups is 1. The molecule has 0 fully saturated rings. The number of nitrogens with zero attached hydrogens (tertiary/aromatic N) is 1. The van der Waals surface area contributed by atoms with E-state index in [1.54, 1.807) is 61.5 Å². The Balaban J connectivity index is 2.47. The van der Waals surface area contributed by atoms with Crippen LogP contribution in [-0.2, 0) is 10.0 Å². The fourth-order valence-corrected chi connectivity index (χ4v) is 3.46. The lowest BCUT2D eigenvalue weighted by Gasteiger charge is -2.25. The number of sulfonamides is 1. The van der Waals surface area contributed by atoms with Gasteiger partial charge in [0, 0.05) is 0 Å². The van der Waals surface area contributed by atoms with Crippen molar-refractivity contribution in [1.82, 2.24) is 0 Å². The molecule has 0 bridgehead atoms. The van der Waals surface area contributed by atoms with Gasteiger partial charge in [-0.25, -0.2) is 8.42 Å². The van der Waals surface area contributed by atoms with E-state index in [0.717, 1.165) is 0 Å². The van der Waals surface area contributed by atoms with Crippen LogP contribution in [0.1, 0.15) is 6.92 Å². The van der Waals surface area contributed by atoms with E-state index in [4.69, 9.17) is 0 Å². The van der Waals surface area contributed by atoms with E-state index < -0.39 is 16.1 Å². The van der Waals surface area contributed by atoms with Crippen LogP contribution in [-0.4, -0.2) is 26.2 Å². The third kappa shape index (κ3) is 3.18. The van der Waals surface area contributed by atoms with Crippen LogP contribution in [0, 0.1) is 0 Å². The van der Waals surface area contributed by atoms with E-state index in [0.29, 0.717) is 5.69 Å². The standard InChI is InChI=1S/C15H17NO3S/c1-13(17)12-16(14-8-4-2-5-9-14)20(18,19)15-10-6-3-7-11-15/h2-11,13,17H,12H2,1H3/t13-/m0/s1. The molecule has 0 spiro atoms. The Hall–Kier alpha value is -1.85. The normalized spacial score (nSPS) is 12.9. The quantitative estimate of drug-likeness (QED) is 0.919. The number of rotatable bonds is 5. The zero-order valence-electron chi connectivity index (χ0n) is 11.2. The van der Waals surface area contributed by atoms with Gasteiger partial charge in [0.2, 0.25) is 0 Å². The number of anilines is 1. The smallest absolute Gasteiger partial charge is 0.264 e. The second-order valence-electron chi connectivity index (χ2n) is 4.53. The van der Waals surface area contributed by atoms with Gasteiger partial charge >= 0.3 is 0 Å². The number of hydrogen-bond donors (Lipinski definition) is 1. The summed E-state index contributed by atoms with van der Waals surface area (Å²) in [7, 11) is -3.68. The zero-order chi connectivity index (χ0) is 14.6. The summed E-state index contributed by atoms with van der Waals surface area (Å²) < 4.78 is 26.6. The van der Waals surface area contributed by atoms with Crippen molar-refractivity contribution in [2.75, 3.05) is 10.8 Å². The molecule has 0 saturated heterocycles. The Labute approximate surface area is 119 Å². The number of aliphatic hydroxyl groups excluding tert-OH is 1. The van der Waals surface area contributed by atoms with Crippen LogP contribution in [0.15, 0.2) is 65.6 Å². The lowest BCUT2D eigenvalue weighted by atomic mass is 10.3. The molecule has 0 aliphatic heterocycles. The summed E-state index contributed by atoms with van der Waals surface area (Å²) in [6, 6.07) is 17.0. The van der Waals surface area contributed by atoms with Crippen LogP contribution in [0.4, 0.5) is 5.69 Å². The molecule has 0 aromatic heterocycles. The average Bonchev–Trinajstić information content (AvgIpc) is 2.46. The van der Waals surface area contributed by atoms with Crippen molar-refractivity contribution in [2.24, 2.45) is 0 Å². The minimum atomic E-state index is -3.68. The highest BCUT2D eigenvalue weighted by Crippen LogP contribution is 2.23. The molecule has 0 heterocycles. The minimum absolute atomic E-state index is 0.0151. The molecule has 0 amide bonds. The van der Waals surface area contributed by atoms with Crippen molar-refractivity contribution in [2.45, 2.75) is 17.9 Å². The van der Waals surface area contributed by atoms with Gasteiger partial charge < -0.3 is 5.11 Å². The number of hydrogen-bond acceptors (Lipinski definition) is 3. The fourth-order valence-electron chi connectivity index (χ4n) is 1.90. The Morgan fingerprint density at radius 1 is 1.00 bits per heavy atom. The minimum Gasteiger partial charge on any atom is -0.392 e. The van der Waals surface area contributed by atoms with Crippen LogP contribution < -0.4 is 4.31 Å². The van der Waals surface area contributed by atoms with Crippen molar-refractivity contribution in [3.63, 3.8) is 0 Å². The zero-order valence-corrected chi connectivity index (χ0v) is 12.0. The molecule has 4 nitrogen and oxygen atoms in total. The molecule has 2 aromatic carbocycles. The molecule has 2 rings (SSSR count). The summed E-state index contributed by atoms with van der Waals surface area (Å²) in [5, 5.41) is 9.59. The first-order valence-electron chi connectivity index (χ1n) is 6.33. The average molecular weight is 291 g/mol. The van der Waals surface area contributed by atoms with Crippen molar-refractivity contribution >= 4 is 15.7 Å². The summed E-state index contributed by atoms with van der Waals surface area (Å²) in [6.45, 7) is 1.58. The van der Waals surface area contributed by atoms with Gasteiger partial charge in [-0.1, -0.05) is 36.4 Å². The van der Waals surface area contributed by atoms with E-state index in [-0.39, 0.29) is 11.4 Å². The second kappa shape index (κ2) is 6.07. The third-order valence-electron chi connectivity index (χ3n) is 2.81. The van der Waals surface area contributed by atoms with Crippen molar-refractivity contribution in [3.05, 3.63) is 60.7 Å². The van der Waals surface area contributed by atoms with Gasteiger partial charge in [0.05, 0.1) is 23.2 Å². The van der Waals surface area contributed by atoms with Gasteiger partial charge in [0.15, 0.2) is 0 Å². The molecule has 2 aromatic rings. The lowest BCUT2D eigenvalue weighted by molar-refractivity contribution is 0.204. The molecule has 0 aliphatic rings. The molecule has 0 aliphatic carbocycles. The van der Waals surface area contributed by atoms with Crippen LogP contribution in [0.3, 0.4) is 0 Å². The van der Waals surface area contributed by atoms with Gasteiger partial charge in [-0.3, -0.25) is 4.31 Å². The highest BCUT2D eigenvalue weighted by Gasteiger charge is 2.25. The third-order valence-corrected chi connectivity index (χ3v) is 4.61. The Morgan fingerprint density at radius 3 is 2.00 bits per heavy atom. The summed E-state index contributed by atoms with van der Waals surface area (Å²) >= 11 is 0. The van der Waals surface area contributed by atoms with E-state index in [1.165, 1.54) is 4.31 Å². The van der Waals surface area contributed by atoms with Gasteiger partial charge in [-0.05, 0) is 31.2 Å². The van der Waals surface area contributed by atoms with Crippen molar-refractivity contribution < 1.29 is 13.5 Å². The van der Waals surface area contributed by atoms with E-state index in [9.17, 15) is 13.5 Å². The molecule has 20 heavy (non-hydrogen) atoms. The van der Waals surface area contributed by atoms with Gasteiger partial charge in [-0.15, -0.1) is 0 Å². The fraction of sp³-hybridized carbons (Fsp3) is 0.200. The Kier molecular flexibility index (Phi) is 4.42. The molecule has 1 atom stereocenters. The van der Waals surface area contributed by atoms with Crippen molar-refractivity contribution in [1.29, 1.82) is 0 Å². The van der Waals surface area contributed by atoms with Crippen LogP contribution in [0.25, 0.3) is 0 Å². The summed E-state index contributed by atoms with van der Waals surface area (Å²) in [5.41, 5.74) is 0.539. The monoisotopic (exact) mass is 291 g/mol. The highest BCUT2D eigenvalue weighted by atomic mass is 32.2. The van der Waals surface area contributed by atoms with E-state index in [1.807, 2.05) is 6.07 Å². The summed E-state index contributed by atoms with van der Waals surface area (Å²) in [4.78, 5) is 0.213. The molecule has 0 saturated carbocycles. The summed E-state index contributed by atoms with van der Waals surface area (Å²) in [5.74, 6) is 0. The molecule has 106 valence electrons. The van der Waals surface area contributed by atoms with E-state index in [2.05, 4.69) is 0 Å². The van der Waals surface area contributed by atoms with Crippen molar-refractivity contribution in [3.8, 4) is 0 Å². The molecular weight excluding hydrogens is 274 g/mol. The molecule has 1 N–H and O–H groups in total. The molecule has 0 radical (unpaired) electrons. The number of para-hydroxylation sites is 1. The van der Waals surface area contributed by atoms with Crippen LogP contribution in [0.2, 0.25) is 0 Å².